The van der Waals surface area contributed by atoms with Crippen LogP contribution in [0.4, 0.5) is 0 Å². The van der Waals surface area contributed by atoms with Crippen molar-refractivity contribution >= 4 is 5.91 Å². The quantitative estimate of drug-likeness (QED) is 0.698. The van der Waals surface area contributed by atoms with E-state index < -0.39 is 0 Å². The molecule has 0 aromatic rings. The molecule has 3 atom stereocenters. The number of piperidine rings is 1. The van der Waals surface area contributed by atoms with Gasteiger partial charge in [-0.3, -0.25) is 9.69 Å². The molecule has 0 aromatic heterocycles. The van der Waals surface area contributed by atoms with Crippen molar-refractivity contribution in [1.29, 1.82) is 0 Å². The Morgan fingerprint density at radius 2 is 2.44 bits per heavy atom. The maximum Gasteiger partial charge on any atom is 0.224 e. The van der Waals surface area contributed by atoms with Crippen molar-refractivity contribution in [3.63, 3.8) is 0 Å². The normalized spacial score (nSPS) is 30.0. The van der Waals surface area contributed by atoms with Crippen LogP contribution < -0.4 is 11.1 Å². The summed E-state index contributed by atoms with van der Waals surface area (Å²) in [4.78, 5) is 14.2. The second-order valence-corrected chi connectivity index (χ2v) is 5.34. The summed E-state index contributed by atoms with van der Waals surface area (Å²) in [6, 6.07) is 0.767. The molecule has 1 amide bonds. The first-order chi connectivity index (χ1) is 8.77. The van der Waals surface area contributed by atoms with Gasteiger partial charge in [0.05, 0.1) is 12.5 Å². The molecule has 104 valence electrons. The number of amides is 1. The molecule has 2 aliphatic heterocycles. The SMILES string of the molecule is COCC(CCCN)N1CCCC2C(=O)NCC21. The zero-order chi connectivity index (χ0) is 13.0. The van der Waals surface area contributed by atoms with Crippen LogP contribution in [0.2, 0.25) is 0 Å². The maximum atomic E-state index is 11.8. The Bertz CT molecular complexity index is 285. The summed E-state index contributed by atoms with van der Waals surface area (Å²) in [7, 11) is 1.74. The molecule has 2 fully saturated rings. The number of methoxy groups -OCH3 is 1. The number of ether oxygens (including phenoxy) is 1. The Morgan fingerprint density at radius 1 is 1.61 bits per heavy atom. The average molecular weight is 255 g/mol. The minimum Gasteiger partial charge on any atom is -0.383 e. The van der Waals surface area contributed by atoms with Crippen LogP contribution in [0, 0.1) is 5.92 Å². The van der Waals surface area contributed by atoms with Gasteiger partial charge in [0.25, 0.3) is 0 Å². The van der Waals surface area contributed by atoms with E-state index in [0.717, 1.165) is 51.9 Å². The first-order valence-corrected chi connectivity index (χ1v) is 7.00. The molecule has 0 saturated carbocycles. The van der Waals surface area contributed by atoms with Gasteiger partial charge >= 0.3 is 0 Å². The molecule has 3 unspecified atom stereocenters. The second-order valence-electron chi connectivity index (χ2n) is 5.34. The Hall–Kier alpha value is -0.650. The lowest BCUT2D eigenvalue weighted by atomic mass is 9.89. The van der Waals surface area contributed by atoms with Crippen LogP contribution in [-0.4, -0.2) is 56.2 Å². The summed E-state index contributed by atoms with van der Waals surface area (Å²) in [5.74, 6) is 0.427. The molecule has 5 heteroatoms. The van der Waals surface area contributed by atoms with Crippen molar-refractivity contribution in [2.45, 2.75) is 37.8 Å². The molecular formula is C13H25N3O2. The van der Waals surface area contributed by atoms with Crippen LogP contribution >= 0.6 is 0 Å². The van der Waals surface area contributed by atoms with Crippen molar-refractivity contribution in [2.75, 3.05) is 33.4 Å². The molecular weight excluding hydrogens is 230 g/mol. The maximum absolute atomic E-state index is 11.8. The van der Waals surface area contributed by atoms with E-state index in [2.05, 4.69) is 10.2 Å². The lowest BCUT2D eigenvalue weighted by Crippen LogP contribution is -2.52. The topological polar surface area (TPSA) is 67.6 Å². The predicted molar refractivity (Wildman–Crippen MR) is 70.2 cm³/mol. The van der Waals surface area contributed by atoms with E-state index in [-0.39, 0.29) is 11.8 Å². The monoisotopic (exact) mass is 255 g/mol. The number of fused-ring (bicyclic) bond motifs is 1. The van der Waals surface area contributed by atoms with Crippen molar-refractivity contribution in [2.24, 2.45) is 11.7 Å². The number of carbonyl (C=O) groups is 1. The summed E-state index contributed by atoms with van der Waals surface area (Å²) >= 11 is 0. The van der Waals surface area contributed by atoms with Gasteiger partial charge in [-0.15, -0.1) is 0 Å². The highest BCUT2D eigenvalue weighted by Gasteiger charge is 2.42. The highest BCUT2D eigenvalue weighted by Crippen LogP contribution is 2.29. The van der Waals surface area contributed by atoms with Gasteiger partial charge in [0.2, 0.25) is 5.91 Å². The van der Waals surface area contributed by atoms with Crippen LogP contribution in [0.25, 0.3) is 0 Å². The number of likely N-dealkylation sites (tertiary alicyclic amines) is 1. The van der Waals surface area contributed by atoms with Gasteiger partial charge in [0, 0.05) is 25.7 Å². The van der Waals surface area contributed by atoms with Crippen LogP contribution in [0.15, 0.2) is 0 Å². The van der Waals surface area contributed by atoms with E-state index >= 15 is 0 Å². The number of nitrogens with two attached hydrogens (primary N) is 1. The molecule has 18 heavy (non-hydrogen) atoms. The molecule has 2 saturated heterocycles. The summed E-state index contributed by atoms with van der Waals surface area (Å²) in [5.41, 5.74) is 5.61. The zero-order valence-corrected chi connectivity index (χ0v) is 11.2. The van der Waals surface area contributed by atoms with Gasteiger partial charge in [-0.1, -0.05) is 0 Å². The first-order valence-electron chi connectivity index (χ1n) is 7.00. The Kier molecular flexibility index (Phi) is 4.97. The van der Waals surface area contributed by atoms with Gasteiger partial charge in [-0.05, 0) is 38.8 Å². The van der Waals surface area contributed by atoms with Crippen LogP contribution in [0.3, 0.4) is 0 Å². The standard InChI is InChI=1S/C13H25N3O2/c1-18-9-10(4-2-6-14)16-7-3-5-11-12(16)8-15-13(11)17/h10-12H,2-9,14H2,1H3,(H,15,17). The third-order valence-electron chi connectivity index (χ3n) is 4.21. The minimum absolute atomic E-state index is 0.191. The van der Waals surface area contributed by atoms with E-state index in [1.165, 1.54) is 0 Å². The molecule has 2 heterocycles. The van der Waals surface area contributed by atoms with Gasteiger partial charge < -0.3 is 15.8 Å². The fraction of sp³-hybridized carbons (Fsp3) is 0.923. The number of carbonyl (C=O) groups excluding carboxylic acids is 1. The van der Waals surface area contributed by atoms with Crippen molar-refractivity contribution < 1.29 is 9.53 Å². The molecule has 0 aliphatic carbocycles. The van der Waals surface area contributed by atoms with Crippen molar-refractivity contribution in [3.8, 4) is 0 Å². The minimum atomic E-state index is 0.191. The largest absolute Gasteiger partial charge is 0.383 e. The van der Waals surface area contributed by atoms with Crippen molar-refractivity contribution in [3.05, 3.63) is 0 Å². The third kappa shape index (κ3) is 2.84. The van der Waals surface area contributed by atoms with Gasteiger partial charge in [0.1, 0.15) is 0 Å². The summed E-state index contributed by atoms with van der Waals surface area (Å²) < 4.78 is 5.34. The average Bonchev–Trinajstić information content (AvgIpc) is 2.77. The molecule has 5 nitrogen and oxygen atoms in total. The van der Waals surface area contributed by atoms with E-state index in [0.29, 0.717) is 12.1 Å². The fourth-order valence-corrected chi connectivity index (χ4v) is 3.33. The van der Waals surface area contributed by atoms with E-state index in [1.807, 2.05) is 0 Å². The molecule has 2 rings (SSSR count). The Balaban J connectivity index is 2.01. The van der Waals surface area contributed by atoms with E-state index in [4.69, 9.17) is 10.5 Å². The zero-order valence-electron chi connectivity index (χ0n) is 11.2. The van der Waals surface area contributed by atoms with Crippen LogP contribution in [0.1, 0.15) is 25.7 Å². The summed E-state index contributed by atoms with van der Waals surface area (Å²) in [6.45, 7) is 3.33. The fourth-order valence-electron chi connectivity index (χ4n) is 3.33. The number of nitrogens with zero attached hydrogens (tertiary/aromatic N) is 1. The van der Waals surface area contributed by atoms with Gasteiger partial charge in [-0.2, -0.15) is 0 Å². The molecule has 3 N–H and O–H groups in total. The highest BCUT2D eigenvalue weighted by molar-refractivity contribution is 5.82. The third-order valence-corrected chi connectivity index (χ3v) is 4.21. The first kappa shape index (κ1) is 13.8. The highest BCUT2D eigenvalue weighted by atomic mass is 16.5. The second kappa shape index (κ2) is 6.50. The van der Waals surface area contributed by atoms with Crippen LogP contribution in [0.5, 0.6) is 0 Å². The number of hydrogen-bond donors (Lipinski definition) is 2. The lowest BCUT2D eigenvalue weighted by Gasteiger charge is -2.41. The molecule has 0 radical (unpaired) electrons. The molecule has 0 bridgehead atoms. The Labute approximate surface area is 109 Å². The van der Waals surface area contributed by atoms with Crippen molar-refractivity contribution in [1.82, 2.24) is 10.2 Å². The molecule has 2 aliphatic rings. The van der Waals surface area contributed by atoms with E-state index in [9.17, 15) is 4.79 Å². The molecule has 0 aromatic carbocycles. The predicted octanol–water partition coefficient (Wildman–Crippen LogP) is -0.0493. The summed E-state index contributed by atoms with van der Waals surface area (Å²) in [5, 5.41) is 3.00. The smallest absolute Gasteiger partial charge is 0.224 e. The number of hydrogen-bond acceptors (Lipinski definition) is 4. The van der Waals surface area contributed by atoms with Gasteiger partial charge in [-0.25, -0.2) is 0 Å². The summed E-state index contributed by atoms with van der Waals surface area (Å²) in [6.07, 6.45) is 4.21. The van der Waals surface area contributed by atoms with Gasteiger partial charge in [0.15, 0.2) is 0 Å². The number of rotatable bonds is 6. The Morgan fingerprint density at radius 3 is 3.17 bits per heavy atom. The van der Waals surface area contributed by atoms with E-state index in [1.54, 1.807) is 7.11 Å². The molecule has 0 spiro atoms. The lowest BCUT2D eigenvalue weighted by molar-refractivity contribution is -0.124. The van der Waals surface area contributed by atoms with Crippen LogP contribution in [-0.2, 0) is 9.53 Å². The number of nitrogens with one attached hydrogen (secondary N) is 1.